The number of hydrogen-bond acceptors (Lipinski definition) is 2. The van der Waals surface area contributed by atoms with E-state index in [2.05, 4.69) is 5.32 Å². The first kappa shape index (κ1) is 12.8. The van der Waals surface area contributed by atoms with Crippen molar-refractivity contribution < 1.29 is 13.6 Å². The van der Waals surface area contributed by atoms with E-state index in [0.717, 1.165) is 25.0 Å². The molecule has 0 aliphatic carbocycles. The van der Waals surface area contributed by atoms with Crippen LogP contribution in [0.1, 0.15) is 12.8 Å². The van der Waals surface area contributed by atoms with Gasteiger partial charge in [-0.2, -0.15) is 0 Å². The number of nitrogens with one attached hydrogen (secondary N) is 1. The fourth-order valence-corrected chi connectivity index (χ4v) is 2.13. The van der Waals surface area contributed by atoms with Crippen LogP contribution in [0.5, 0.6) is 0 Å². The van der Waals surface area contributed by atoms with Crippen molar-refractivity contribution >= 4 is 11.7 Å². The first-order chi connectivity index (χ1) is 8.61. The summed E-state index contributed by atoms with van der Waals surface area (Å²) in [6.07, 6.45) is 1.75. The average Bonchev–Trinajstić information content (AvgIpc) is 2.81. The molecule has 0 radical (unpaired) electrons. The lowest BCUT2D eigenvalue weighted by molar-refractivity contribution is 0.207. The molecule has 1 saturated heterocycles. The first-order valence-electron chi connectivity index (χ1n) is 5.84. The smallest absolute Gasteiger partial charge is 0.322 e. The van der Waals surface area contributed by atoms with Gasteiger partial charge < -0.3 is 16.0 Å². The largest absolute Gasteiger partial charge is 0.328 e. The molecule has 1 atom stereocenters. The van der Waals surface area contributed by atoms with Crippen LogP contribution < -0.4 is 11.1 Å². The van der Waals surface area contributed by atoms with Crippen molar-refractivity contribution in [3.63, 3.8) is 0 Å². The van der Waals surface area contributed by atoms with Crippen LogP contribution in [0.4, 0.5) is 19.3 Å². The normalized spacial score (nSPS) is 19.1. The van der Waals surface area contributed by atoms with Crippen LogP contribution >= 0.6 is 0 Å². The van der Waals surface area contributed by atoms with Crippen LogP contribution in [0.15, 0.2) is 18.2 Å². The van der Waals surface area contributed by atoms with Gasteiger partial charge in [0.05, 0.1) is 5.69 Å². The van der Waals surface area contributed by atoms with Gasteiger partial charge in [-0.3, -0.25) is 0 Å². The summed E-state index contributed by atoms with van der Waals surface area (Å²) < 4.78 is 26.1. The van der Waals surface area contributed by atoms with Gasteiger partial charge in [0, 0.05) is 25.2 Å². The molecule has 3 N–H and O–H groups in total. The van der Waals surface area contributed by atoms with Gasteiger partial charge in [0.15, 0.2) is 0 Å². The topological polar surface area (TPSA) is 58.4 Å². The van der Waals surface area contributed by atoms with Crippen LogP contribution in [0.2, 0.25) is 0 Å². The quantitative estimate of drug-likeness (QED) is 0.848. The van der Waals surface area contributed by atoms with Gasteiger partial charge in [0.25, 0.3) is 0 Å². The summed E-state index contributed by atoms with van der Waals surface area (Å²) >= 11 is 0. The number of nitrogens with two attached hydrogens (primary N) is 1. The zero-order valence-electron chi connectivity index (χ0n) is 9.83. The highest BCUT2D eigenvalue weighted by molar-refractivity contribution is 5.89. The molecule has 98 valence electrons. The molecule has 1 aromatic rings. The summed E-state index contributed by atoms with van der Waals surface area (Å²) in [4.78, 5) is 13.5. The van der Waals surface area contributed by atoms with E-state index in [9.17, 15) is 13.6 Å². The molecular weight excluding hydrogens is 240 g/mol. The van der Waals surface area contributed by atoms with E-state index >= 15 is 0 Å². The summed E-state index contributed by atoms with van der Waals surface area (Å²) in [6, 6.07) is 2.64. The van der Waals surface area contributed by atoms with Crippen molar-refractivity contribution in [1.82, 2.24) is 4.90 Å². The highest BCUT2D eigenvalue weighted by Crippen LogP contribution is 2.20. The number of benzene rings is 1. The fraction of sp³-hybridized carbons (Fsp3) is 0.417. The van der Waals surface area contributed by atoms with E-state index < -0.39 is 17.7 Å². The molecule has 0 saturated carbocycles. The Morgan fingerprint density at radius 1 is 1.50 bits per heavy atom. The lowest BCUT2D eigenvalue weighted by Crippen LogP contribution is -2.42. The number of carbonyl (C=O) groups is 1. The molecule has 0 bridgehead atoms. The summed E-state index contributed by atoms with van der Waals surface area (Å²) in [6.45, 7) is 0.996. The Bertz CT molecular complexity index is 453. The van der Waals surface area contributed by atoms with E-state index in [1.165, 1.54) is 6.07 Å². The second kappa shape index (κ2) is 5.30. The molecule has 4 nitrogen and oxygen atoms in total. The fourth-order valence-electron chi connectivity index (χ4n) is 2.13. The number of carbonyl (C=O) groups excluding carboxylic acids is 1. The summed E-state index contributed by atoms with van der Waals surface area (Å²) in [7, 11) is 0. The van der Waals surface area contributed by atoms with Gasteiger partial charge in [0.2, 0.25) is 0 Å². The van der Waals surface area contributed by atoms with E-state index in [0.29, 0.717) is 13.1 Å². The molecule has 18 heavy (non-hydrogen) atoms. The van der Waals surface area contributed by atoms with Gasteiger partial charge in [-0.1, -0.05) is 0 Å². The minimum Gasteiger partial charge on any atom is -0.328 e. The van der Waals surface area contributed by atoms with Crippen molar-refractivity contribution in [2.75, 3.05) is 18.4 Å². The van der Waals surface area contributed by atoms with Crippen LogP contribution in [-0.2, 0) is 0 Å². The predicted molar refractivity (Wildman–Crippen MR) is 64.2 cm³/mol. The number of halogens is 2. The van der Waals surface area contributed by atoms with Crippen LogP contribution in [0.3, 0.4) is 0 Å². The molecule has 1 fully saturated rings. The summed E-state index contributed by atoms with van der Waals surface area (Å²) in [5.74, 6) is -1.46. The highest BCUT2D eigenvalue weighted by Gasteiger charge is 2.27. The third kappa shape index (κ3) is 2.59. The lowest BCUT2D eigenvalue weighted by Gasteiger charge is -2.23. The number of urea groups is 1. The van der Waals surface area contributed by atoms with Crippen LogP contribution in [0, 0.1) is 11.6 Å². The van der Waals surface area contributed by atoms with Gasteiger partial charge in [-0.25, -0.2) is 13.6 Å². The van der Waals surface area contributed by atoms with Gasteiger partial charge in [-0.15, -0.1) is 0 Å². The van der Waals surface area contributed by atoms with E-state index in [1.807, 2.05) is 0 Å². The third-order valence-corrected chi connectivity index (χ3v) is 3.08. The predicted octanol–water partition coefficient (Wildman–Crippen LogP) is 1.92. The third-order valence-electron chi connectivity index (χ3n) is 3.08. The number of hydrogen-bond donors (Lipinski definition) is 2. The summed E-state index contributed by atoms with van der Waals surface area (Å²) in [5.41, 5.74) is 5.54. The Morgan fingerprint density at radius 3 is 2.94 bits per heavy atom. The van der Waals surface area contributed by atoms with Crippen molar-refractivity contribution in [3.05, 3.63) is 29.8 Å². The molecule has 0 aromatic heterocycles. The number of anilines is 1. The molecule has 2 rings (SSSR count). The first-order valence-corrected chi connectivity index (χ1v) is 5.84. The maximum Gasteiger partial charge on any atom is 0.322 e. The molecule has 1 heterocycles. The Balaban J connectivity index is 2.07. The Kier molecular flexibility index (Phi) is 3.76. The van der Waals surface area contributed by atoms with Gasteiger partial charge in [-0.05, 0) is 25.0 Å². The SMILES string of the molecule is NCC1CCCN1C(=O)Nc1ccc(F)cc1F. The van der Waals surface area contributed by atoms with Crippen molar-refractivity contribution in [2.45, 2.75) is 18.9 Å². The molecule has 1 aliphatic rings. The maximum atomic E-state index is 13.4. The molecule has 1 aliphatic heterocycles. The zero-order chi connectivity index (χ0) is 13.1. The Labute approximate surface area is 104 Å². The number of amides is 2. The Morgan fingerprint density at radius 2 is 2.28 bits per heavy atom. The monoisotopic (exact) mass is 255 g/mol. The van der Waals surface area contributed by atoms with Crippen LogP contribution in [-0.4, -0.2) is 30.1 Å². The van der Waals surface area contributed by atoms with E-state index in [1.54, 1.807) is 4.90 Å². The molecule has 1 aromatic carbocycles. The second-order valence-electron chi connectivity index (χ2n) is 4.28. The van der Waals surface area contributed by atoms with Gasteiger partial charge in [0.1, 0.15) is 11.6 Å². The highest BCUT2D eigenvalue weighted by atomic mass is 19.1. The molecule has 2 amide bonds. The van der Waals surface area contributed by atoms with E-state index in [-0.39, 0.29) is 11.7 Å². The van der Waals surface area contributed by atoms with Gasteiger partial charge >= 0.3 is 6.03 Å². The van der Waals surface area contributed by atoms with Crippen LogP contribution in [0.25, 0.3) is 0 Å². The zero-order valence-corrected chi connectivity index (χ0v) is 9.83. The number of rotatable bonds is 2. The number of nitrogens with zero attached hydrogens (tertiary/aromatic N) is 1. The minimum absolute atomic E-state index is 0.00601. The molecule has 0 spiro atoms. The molecular formula is C12H15F2N3O. The van der Waals surface area contributed by atoms with Crippen molar-refractivity contribution in [2.24, 2.45) is 5.73 Å². The standard InChI is InChI=1S/C12H15F2N3O/c13-8-3-4-11(10(14)6-8)16-12(18)17-5-1-2-9(17)7-15/h3-4,6,9H,1-2,5,7,15H2,(H,16,18). The Hall–Kier alpha value is -1.69. The lowest BCUT2D eigenvalue weighted by atomic mass is 10.2. The minimum atomic E-state index is -0.785. The van der Waals surface area contributed by atoms with E-state index in [4.69, 9.17) is 5.73 Å². The molecule has 6 heteroatoms. The molecule has 1 unspecified atom stereocenters. The maximum absolute atomic E-state index is 13.4. The summed E-state index contributed by atoms with van der Waals surface area (Å²) in [5, 5.41) is 2.43. The van der Waals surface area contributed by atoms with Crippen molar-refractivity contribution in [3.8, 4) is 0 Å². The average molecular weight is 255 g/mol. The van der Waals surface area contributed by atoms with Crippen molar-refractivity contribution in [1.29, 1.82) is 0 Å². The second-order valence-corrected chi connectivity index (χ2v) is 4.28. The number of likely N-dealkylation sites (tertiary alicyclic amines) is 1.